The number of amides is 2. The number of likely N-dealkylation sites (tertiary alicyclic amines) is 1. The number of hydrogen-bond donors (Lipinski definition) is 1. The van der Waals surface area contributed by atoms with E-state index in [0.717, 1.165) is 31.5 Å². The first-order chi connectivity index (χ1) is 12.6. The molecule has 1 aromatic carbocycles. The average Bonchev–Trinajstić information content (AvgIpc) is 3.29. The molecule has 3 aromatic rings. The van der Waals surface area contributed by atoms with Gasteiger partial charge in [0, 0.05) is 25.0 Å². The zero-order chi connectivity index (χ0) is 18.1. The van der Waals surface area contributed by atoms with E-state index in [1.165, 1.54) is 0 Å². The highest BCUT2D eigenvalue weighted by Crippen LogP contribution is 2.19. The number of benzene rings is 1. The number of aromatic nitrogens is 2. The smallest absolute Gasteiger partial charge is 0.290 e. The van der Waals surface area contributed by atoms with Crippen LogP contribution in [0.2, 0.25) is 0 Å². The van der Waals surface area contributed by atoms with Crippen LogP contribution >= 0.6 is 0 Å². The van der Waals surface area contributed by atoms with Gasteiger partial charge >= 0.3 is 0 Å². The van der Waals surface area contributed by atoms with Crippen LogP contribution in [0.4, 0.5) is 5.69 Å². The molecular weight excluding hydrogens is 328 g/mol. The number of nitrogens with zero attached hydrogens (tertiary/aromatic N) is 3. The van der Waals surface area contributed by atoms with Crippen molar-refractivity contribution in [1.82, 2.24) is 14.3 Å². The van der Waals surface area contributed by atoms with E-state index in [1.807, 2.05) is 43.3 Å². The second-order valence-corrected chi connectivity index (χ2v) is 6.56. The lowest BCUT2D eigenvalue weighted by molar-refractivity contribution is 0.0780. The number of hydrogen-bond acceptors (Lipinski definition) is 3. The number of carbonyl (C=O) groups is 2. The maximum Gasteiger partial charge on any atom is 0.290 e. The van der Waals surface area contributed by atoms with E-state index in [-0.39, 0.29) is 23.3 Å². The highest BCUT2D eigenvalue weighted by Gasteiger charge is 2.26. The van der Waals surface area contributed by atoms with Gasteiger partial charge in [-0.3, -0.25) is 14.0 Å². The number of fused-ring (bicyclic) bond motifs is 1. The summed E-state index contributed by atoms with van der Waals surface area (Å²) in [5.41, 5.74) is 2.65. The van der Waals surface area contributed by atoms with Crippen LogP contribution in [0.3, 0.4) is 0 Å². The van der Waals surface area contributed by atoms with Crippen LogP contribution in [0.5, 0.6) is 0 Å². The normalized spacial score (nSPS) is 14.0. The minimum absolute atomic E-state index is 0.127. The van der Waals surface area contributed by atoms with Gasteiger partial charge in [-0.2, -0.15) is 0 Å². The molecule has 1 aliphatic rings. The van der Waals surface area contributed by atoms with Crippen LogP contribution < -0.4 is 5.32 Å². The van der Waals surface area contributed by atoms with E-state index < -0.39 is 0 Å². The molecule has 1 saturated heterocycles. The largest absolute Gasteiger partial charge is 0.336 e. The van der Waals surface area contributed by atoms with Gasteiger partial charge in [0.1, 0.15) is 0 Å². The number of nitrogens with one attached hydrogen (secondary N) is 1. The van der Waals surface area contributed by atoms with Crippen LogP contribution in [-0.4, -0.2) is 39.2 Å². The summed E-state index contributed by atoms with van der Waals surface area (Å²) in [5.74, 6) is -0.157. The Morgan fingerprint density at radius 2 is 1.88 bits per heavy atom. The highest BCUT2D eigenvalue weighted by molar-refractivity contribution is 6.09. The zero-order valence-electron chi connectivity index (χ0n) is 14.6. The quantitative estimate of drug-likeness (QED) is 0.791. The standard InChI is InChI=1S/C20H20N4O2/c1-14-7-6-8-15(13-14)21-19(25)17-16-9-2-3-12-24(16)18(22-17)20(26)23-10-4-5-11-23/h2-3,6-9,12-13H,4-5,10-11H2,1H3,(H,21,25). The second kappa shape index (κ2) is 6.63. The molecule has 1 fully saturated rings. The molecule has 6 nitrogen and oxygen atoms in total. The van der Waals surface area contributed by atoms with E-state index >= 15 is 0 Å². The van der Waals surface area contributed by atoms with Crippen LogP contribution in [0.1, 0.15) is 39.5 Å². The Bertz CT molecular complexity index is 986. The Morgan fingerprint density at radius 3 is 2.65 bits per heavy atom. The van der Waals surface area contributed by atoms with Gasteiger partial charge in [-0.25, -0.2) is 4.98 Å². The van der Waals surface area contributed by atoms with E-state index in [9.17, 15) is 9.59 Å². The van der Waals surface area contributed by atoms with Crippen molar-refractivity contribution in [2.75, 3.05) is 18.4 Å². The Hall–Kier alpha value is -3.15. The first-order valence-corrected chi connectivity index (χ1v) is 8.78. The topological polar surface area (TPSA) is 66.7 Å². The summed E-state index contributed by atoms with van der Waals surface area (Å²) in [7, 11) is 0. The first kappa shape index (κ1) is 16.3. The van der Waals surface area contributed by atoms with Gasteiger partial charge in [0.2, 0.25) is 5.82 Å². The predicted octanol–water partition coefficient (Wildman–Crippen LogP) is 3.13. The molecule has 1 aliphatic heterocycles. The molecule has 0 atom stereocenters. The third kappa shape index (κ3) is 2.94. The fourth-order valence-electron chi connectivity index (χ4n) is 3.33. The molecule has 132 valence electrons. The fraction of sp³-hybridized carbons (Fsp3) is 0.250. The Morgan fingerprint density at radius 1 is 1.08 bits per heavy atom. The molecule has 26 heavy (non-hydrogen) atoms. The number of imidazole rings is 1. The summed E-state index contributed by atoms with van der Waals surface area (Å²) in [6.45, 7) is 3.45. The number of anilines is 1. The second-order valence-electron chi connectivity index (χ2n) is 6.56. The molecular formula is C20H20N4O2. The Labute approximate surface area is 151 Å². The fourth-order valence-corrected chi connectivity index (χ4v) is 3.33. The van der Waals surface area contributed by atoms with Gasteiger partial charge in [0.25, 0.3) is 11.8 Å². The lowest BCUT2D eigenvalue weighted by atomic mass is 10.2. The van der Waals surface area contributed by atoms with Crippen molar-refractivity contribution < 1.29 is 9.59 Å². The minimum Gasteiger partial charge on any atom is -0.336 e. The Kier molecular flexibility index (Phi) is 4.16. The van der Waals surface area contributed by atoms with Crippen LogP contribution in [-0.2, 0) is 0 Å². The molecule has 0 aliphatic carbocycles. The molecule has 0 unspecified atom stereocenters. The molecule has 3 heterocycles. The monoisotopic (exact) mass is 348 g/mol. The summed E-state index contributed by atoms with van der Waals surface area (Å²) in [4.78, 5) is 31.8. The zero-order valence-corrected chi connectivity index (χ0v) is 14.6. The summed E-state index contributed by atoms with van der Waals surface area (Å²) in [6.07, 6.45) is 3.79. The van der Waals surface area contributed by atoms with Crippen molar-refractivity contribution in [3.05, 3.63) is 65.7 Å². The molecule has 6 heteroatoms. The maximum atomic E-state index is 12.8. The van der Waals surface area contributed by atoms with Crippen LogP contribution in [0.15, 0.2) is 48.7 Å². The summed E-state index contributed by atoms with van der Waals surface area (Å²) < 4.78 is 1.70. The van der Waals surface area contributed by atoms with Crippen molar-refractivity contribution in [3.8, 4) is 0 Å². The van der Waals surface area contributed by atoms with E-state index in [1.54, 1.807) is 21.6 Å². The number of rotatable bonds is 3. The summed E-state index contributed by atoms with van der Waals surface area (Å²) in [5, 5.41) is 2.87. The van der Waals surface area contributed by atoms with Gasteiger partial charge < -0.3 is 10.2 Å². The highest BCUT2D eigenvalue weighted by atomic mass is 16.2. The molecule has 2 aromatic heterocycles. The molecule has 0 radical (unpaired) electrons. The Balaban J connectivity index is 1.71. The SMILES string of the molecule is Cc1cccc(NC(=O)c2nc(C(=O)N3CCCC3)n3ccccc23)c1. The van der Waals surface area contributed by atoms with Crippen LogP contribution in [0.25, 0.3) is 5.52 Å². The lowest BCUT2D eigenvalue weighted by Crippen LogP contribution is -2.29. The van der Waals surface area contributed by atoms with Gasteiger partial charge in [0.15, 0.2) is 5.69 Å². The van der Waals surface area contributed by atoms with Gasteiger partial charge in [-0.15, -0.1) is 0 Å². The third-order valence-electron chi connectivity index (χ3n) is 4.62. The summed E-state index contributed by atoms with van der Waals surface area (Å²) >= 11 is 0. The van der Waals surface area contributed by atoms with Gasteiger partial charge in [-0.1, -0.05) is 18.2 Å². The number of pyridine rings is 1. The molecule has 2 amide bonds. The van der Waals surface area contributed by atoms with E-state index in [4.69, 9.17) is 0 Å². The van der Waals surface area contributed by atoms with Crippen molar-refractivity contribution in [2.45, 2.75) is 19.8 Å². The first-order valence-electron chi connectivity index (χ1n) is 8.78. The van der Waals surface area contributed by atoms with E-state index in [2.05, 4.69) is 10.3 Å². The molecule has 0 bridgehead atoms. The summed E-state index contributed by atoms with van der Waals surface area (Å²) in [6, 6.07) is 13.1. The van der Waals surface area contributed by atoms with E-state index in [0.29, 0.717) is 11.2 Å². The molecule has 1 N–H and O–H groups in total. The number of aryl methyl sites for hydroxylation is 1. The third-order valence-corrected chi connectivity index (χ3v) is 4.62. The van der Waals surface area contributed by atoms with Gasteiger partial charge in [-0.05, 0) is 49.6 Å². The molecule has 0 spiro atoms. The maximum absolute atomic E-state index is 12.8. The van der Waals surface area contributed by atoms with Crippen molar-refractivity contribution in [2.24, 2.45) is 0 Å². The predicted molar refractivity (Wildman–Crippen MR) is 99.5 cm³/mol. The average molecular weight is 348 g/mol. The molecule has 4 rings (SSSR count). The van der Waals surface area contributed by atoms with Gasteiger partial charge in [0.05, 0.1) is 5.52 Å². The van der Waals surface area contributed by atoms with Crippen molar-refractivity contribution in [1.29, 1.82) is 0 Å². The van der Waals surface area contributed by atoms with Crippen molar-refractivity contribution >= 4 is 23.0 Å². The minimum atomic E-state index is -0.320. The number of carbonyl (C=O) groups excluding carboxylic acids is 2. The van der Waals surface area contributed by atoms with Crippen LogP contribution in [0, 0.1) is 6.92 Å². The molecule has 0 saturated carbocycles. The van der Waals surface area contributed by atoms with Crippen molar-refractivity contribution in [3.63, 3.8) is 0 Å². The lowest BCUT2D eigenvalue weighted by Gasteiger charge is -2.13.